The second-order valence-electron chi connectivity index (χ2n) is 3.00. The normalized spacial score (nSPS) is 15.0. The molecule has 80 valence electrons. The van der Waals surface area contributed by atoms with E-state index in [1.807, 2.05) is 0 Å². The molecule has 3 N–H and O–H groups in total. The van der Waals surface area contributed by atoms with Gasteiger partial charge in [-0.3, -0.25) is 0 Å². The first-order valence-electron chi connectivity index (χ1n) is 3.98. The van der Waals surface area contributed by atoms with Crippen molar-refractivity contribution in [1.29, 1.82) is 0 Å². The lowest BCUT2D eigenvalue weighted by Gasteiger charge is -2.16. The summed E-state index contributed by atoms with van der Waals surface area (Å²) in [5.74, 6) is -3.95. The van der Waals surface area contributed by atoms with Gasteiger partial charge in [-0.1, -0.05) is 0 Å². The summed E-state index contributed by atoms with van der Waals surface area (Å²) in [4.78, 5) is 0. The second kappa shape index (κ2) is 5.39. The third-order valence-electron chi connectivity index (χ3n) is 1.46. The van der Waals surface area contributed by atoms with E-state index in [0.29, 0.717) is 6.42 Å². The first-order chi connectivity index (χ1) is 5.86. The van der Waals surface area contributed by atoms with Crippen LogP contribution in [0.4, 0.5) is 17.6 Å². The Morgan fingerprint density at radius 2 is 1.92 bits per heavy atom. The standard InChI is InChI=1S/C7H14F4N2/c1-5(12)2-3-13-4-7(10,11)6(8)9/h5-6,13H,2-4,12H2,1H3. The summed E-state index contributed by atoms with van der Waals surface area (Å²) in [6.07, 6.45) is -3.13. The average Bonchev–Trinajstić information content (AvgIpc) is 1.97. The maximum absolute atomic E-state index is 12.2. The van der Waals surface area contributed by atoms with Gasteiger partial charge in [-0.15, -0.1) is 0 Å². The Hall–Kier alpha value is -0.360. The monoisotopic (exact) mass is 202 g/mol. The zero-order valence-corrected chi connectivity index (χ0v) is 7.37. The van der Waals surface area contributed by atoms with Gasteiger partial charge in [0, 0.05) is 6.04 Å². The third kappa shape index (κ3) is 5.81. The molecule has 0 amide bonds. The average molecular weight is 202 g/mol. The van der Waals surface area contributed by atoms with Gasteiger partial charge in [0.1, 0.15) is 0 Å². The van der Waals surface area contributed by atoms with Gasteiger partial charge in [0.15, 0.2) is 0 Å². The van der Waals surface area contributed by atoms with Crippen molar-refractivity contribution in [3.63, 3.8) is 0 Å². The van der Waals surface area contributed by atoms with Crippen molar-refractivity contribution in [1.82, 2.24) is 5.32 Å². The highest BCUT2D eigenvalue weighted by Crippen LogP contribution is 2.21. The number of hydrogen-bond donors (Lipinski definition) is 2. The Kier molecular flexibility index (Phi) is 5.24. The number of alkyl halides is 4. The number of rotatable bonds is 6. The molecule has 13 heavy (non-hydrogen) atoms. The molecule has 0 bridgehead atoms. The van der Waals surface area contributed by atoms with Crippen LogP contribution in [0.15, 0.2) is 0 Å². The van der Waals surface area contributed by atoms with E-state index in [-0.39, 0.29) is 12.6 Å². The molecule has 0 aromatic heterocycles. The molecule has 0 rings (SSSR count). The Morgan fingerprint density at radius 1 is 1.38 bits per heavy atom. The largest absolute Gasteiger partial charge is 0.328 e. The number of halogens is 4. The van der Waals surface area contributed by atoms with Crippen LogP contribution in [-0.2, 0) is 0 Å². The predicted octanol–water partition coefficient (Wildman–Crippen LogP) is 1.21. The van der Waals surface area contributed by atoms with E-state index in [1.165, 1.54) is 0 Å². The number of nitrogens with one attached hydrogen (secondary N) is 1. The first-order valence-corrected chi connectivity index (χ1v) is 3.98. The fourth-order valence-electron chi connectivity index (χ4n) is 0.662. The minimum Gasteiger partial charge on any atom is -0.328 e. The van der Waals surface area contributed by atoms with Crippen LogP contribution in [0.2, 0.25) is 0 Å². The molecule has 0 saturated heterocycles. The van der Waals surface area contributed by atoms with Crippen molar-refractivity contribution in [3.05, 3.63) is 0 Å². The summed E-state index contributed by atoms with van der Waals surface area (Å²) in [6.45, 7) is 0.935. The number of hydrogen-bond acceptors (Lipinski definition) is 2. The maximum Gasteiger partial charge on any atom is 0.319 e. The summed E-state index contributed by atoms with van der Waals surface area (Å²) in [7, 11) is 0. The van der Waals surface area contributed by atoms with Gasteiger partial charge in [-0.25, -0.2) is 8.78 Å². The van der Waals surface area contributed by atoms with Crippen LogP contribution in [0, 0.1) is 0 Å². The van der Waals surface area contributed by atoms with E-state index < -0.39 is 18.9 Å². The molecule has 1 atom stereocenters. The molecule has 0 aliphatic heterocycles. The smallest absolute Gasteiger partial charge is 0.319 e. The fraction of sp³-hybridized carbons (Fsp3) is 1.00. The minimum absolute atomic E-state index is 0.118. The molecule has 0 aromatic carbocycles. The molecule has 6 heteroatoms. The lowest BCUT2D eigenvalue weighted by molar-refractivity contribution is -0.125. The van der Waals surface area contributed by atoms with Gasteiger partial charge >= 0.3 is 12.3 Å². The fourth-order valence-corrected chi connectivity index (χ4v) is 0.662. The topological polar surface area (TPSA) is 38.0 Å². The van der Waals surface area contributed by atoms with Crippen LogP contribution in [0.1, 0.15) is 13.3 Å². The van der Waals surface area contributed by atoms with Crippen molar-refractivity contribution in [3.8, 4) is 0 Å². The van der Waals surface area contributed by atoms with Gasteiger partial charge in [-0.05, 0) is 19.9 Å². The quantitative estimate of drug-likeness (QED) is 0.502. The molecule has 0 radical (unpaired) electrons. The first kappa shape index (κ1) is 12.6. The highest BCUT2D eigenvalue weighted by molar-refractivity contribution is 4.72. The SMILES string of the molecule is CC(N)CCNCC(F)(F)C(F)F. The Labute approximate surface area is 74.5 Å². The van der Waals surface area contributed by atoms with Crippen molar-refractivity contribution in [2.24, 2.45) is 5.73 Å². The predicted molar refractivity (Wildman–Crippen MR) is 42.1 cm³/mol. The van der Waals surface area contributed by atoms with E-state index in [1.54, 1.807) is 6.92 Å². The lowest BCUT2D eigenvalue weighted by Crippen LogP contribution is -2.40. The van der Waals surface area contributed by atoms with E-state index in [2.05, 4.69) is 5.32 Å². The zero-order valence-electron chi connectivity index (χ0n) is 7.37. The van der Waals surface area contributed by atoms with E-state index in [4.69, 9.17) is 5.73 Å². The summed E-state index contributed by atoms with van der Waals surface area (Å²) in [5.41, 5.74) is 5.33. The van der Waals surface area contributed by atoms with Gasteiger partial charge < -0.3 is 11.1 Å². The summed E-state index contributed by atoms with van der Waals surface area (Å²) < 4.78 is 47.6. The van der Waals surface area contributed by atoms with Crippen LogP contribution in [-0.4, -0.2) is 31.5 Å². The van der Waals surface area contributed by atoms with Crippen LogP contribution in [0.5, 0.6) is 0 Å². The van der Waals surface area contributed by atoms with E-state index in [9.17, 15) is 17.6 Å². The number of nitrogens with two attached hydrogens (primary N) is 1. The molecule has 0 aliphatic rings. The lowest BCUT2D eigenvalue weighted by atomic mass is 10.2. The molecule has 0 fully saturated rings. The molecule has 0 aromatic rings. The molecular formula is C7H14F4N2. The highest BCUT2D eigenvalue weighted by atomic mass is 19.3. The maximum atomic E-state index is 12.2. The van der Waals surface area contributed by atoms with Crippen molar-refractivity contribution in [2.75, 3.05) is 13.1 Å². The molecular weight excluding hydrogens is 188 g/mol. The minimum atomic E-state index is -3.95. The molecule has 0 spiro atoms. The van der Waals surface area contributed by atoms with E-state index in [0.717, 1.165) is 0 Å². The second-order valence-corrected chi connectivity index (χ2v) is 3.00. The summed E-state index contributed by atoms with van der Waals surface area (Å²) in [6, 6.07) is -0.118. The molecule has 1 unspecified atom stereocenters. The summed E-state index contributed by atoms with van der Waals surface area (Å²) >= 11 is 0. The third-order valence-corrected chi connectivity index (χ3v) is 1.46. The Morgan fingerprint density at radius 3 is 2.31 bits per heavy atom. The van der Waals surface area contributed by atoms with Gasteiger partial charge in [0.05, 0.1) is 6.54 Å². The molecule has 0 saturated carbocycles. The van der Waals surface area contributed by atoms with Crippen molar-refractivity contribution < 1.29 is 17.6 Å². The van der Waals surface area contributed by atoms with Crippen molar-refractivity contribution in [2.45, 2.75) is 31.7 Å². The van der Waals surface area contributed by atoms with Gasteiger partial charge in [0.25, 0.3) is 0 Å². The van der Waals surface area contributed by atoms with Crippen LogP contribution in [0.3, 0.4) is 0 Å². The van der Waals surface area contributed by atoms with Crippen LogP contribution < -0.4 is 11.1 Å². The Balaban J connectivity index is 3.52. The van der Waals surface area contributed by atoms with Gasteiger partial charge in [0.2, 0.25) is 0 Å². The molecule has 0 heterocycles. The molecule has 2 nitrogen and oxygen atoms in total. The van der Waals surface area contributed by atoms with E-state index >= 15 is 0 Å². The highest BCUT2D eigenvalue weighted by Gasteiger charge is 2.39. The molecule has 0 aliphatic carbocycles. The zero-order chi connectivity index (χ0) is 10.5. The summed E-state index contributed by atoms with van der Waals surface area (Å²) in [5, 5.41) is 2.23. The van der Waals surface area contributed by atoms with Crippen molar-refractivity contribution >= 4 is 0 Å². The van der Waals surface area contributed by atoms with Crippen LogP contribution >= 0.6 is 0 Å². The van der Waals surface area contributed by atoms with Crippen LogP contribution in [0.25, 0.3) is 0 Å². The van der Waals surface area contributed by atoms with Gasteiger partial charge in [-0.2, -0.15) is 8.78 Å². The Bertz CT molecular complexity index is 138.